The standard InChI is InChI=1S/C27H26N8O5/c1-34-12-11-17-13-20-23(40-14-39-20)24(38-2)21(17)22(34)25-31-32-33-35(25)19-9-5-15(6-10-19)26(36)29-18-7-3-16(4-8-18)27(37)30-28/h3-10,13,22H,11-12,14,28H2,1-2H3,(H,29,36)(H,30,37). The summed E-state index contributed by atoms with van der Waals surface area (Å²) in [4.78, 5) is 26.6. The van der Waals surface area contributed by atoms with Gasteiger partial charge in [-0.1, -0.05) is 0 Å². The van der Waals surface area contributed by atoms with Crippen LogP contribution in [0.3, 0.4) is 0 Å². The lowest BCUT2D eigenvalue weighted by atomic mass is 9.90. The second-order valence-corrected chi connectivity index (χ2v) is 9.35. The quantitative estimate of drug-likeness (QED) is 0.186. The van der Waals surface area contributed by atoms with Crippen LogP contribution in [-0.4, -0.2) is 64.4 Å². The van der Waals surface area contributed by atoms with Gasteiger partial charge in [0.05, 0.1) is 12.8 Å². The molecule has 3 heterocycles. The zero-order valence-electron chi connectivity index (χ0n) is 21.7. The third-order valence-electron chi connectivity index (χ3n) is 7.04. The summed E-state index contributed by atoms with van der Waals surface area (Å²) in [5, 5.41) is 15.4. The van der Waals surface area contributed by atoms with E-state index in [1.165, 1.54) is 0 Å². The van der Waals surface area contributed by atoms with Gasteiger partial charge in [-0.3, -0.25) is 19.9 Å². The van der Waals surface area contributed by atoms with Gasteiger partial charge in [-0.25, -0.2) is 5.84 Å². The number of rotatable bonds is 6. The van der Waals surface area contributed by atoms with E-state index in [2.05, 4.69) is 31.2 Å². The van der Waals surface area contributed by atoms with E-state index in [1.807, 2.05) is 13.1 Å². The van der Waals surface area contributed by atoms with Gasteiger partial charge in [0.25, 0.3) is 11.8 Å². The van der Waals surface area contributed by atoms with Crippen molar-refractivity contribution < 1.29 is 23.8 Å². The molecule has 1 aromatic heterocycles. The zero-order chi connectivity index (χ0) is 27.8. The molecule has 2 aliphatic heterocycles. The summed E-state index contributed by atoms with van der Waals surface area (Å²) in [5.74, 6) is 6.89. The Balaban J connectivity index is 1.27. The van der Waals surface area contributed by atoms with Crippen LogP contribution < -0.4 is 30.8 Å². The third kappa shape index (κ3) is 4.36. The summed E-state index contributed by atoms with van der Waals surface area (Å²) < 4.78 is 18.8. The number of hydrogen-bond acceptors (Lipinski definition) is 10. The fraction of sp³-hybridized carbons (Fsp3) is 0.222. The number of hydrogen-bond donors (Lipinski definition) is 3. The maximum Gasteiger partial charge on any atom is 0.265 e. The van der Waals surface area contributed by atoms with Crippen LogP contribution in [0.25, 0.3) is 5.69 Å². The number of tetrazole rings is 1. The molecule has 1 unspecified atom stereocenters. The number of nitrogen functional groups attached to an aromatic ring is 1. The molecule has 0 saturated carbocycles. The number of anilines is 1. The Bertz CT molecular complexity index is 1590. The first-order chi connectivity index (χ1) is 19.5. The van der Waals surface area contributed by atoms with Crippen LogP contribution in [-0.2, 0) is 6.42 Å². The van der Waals surface area contributed by atoms with E-state index in [0.717, 1.165) is 24.1 Å². The van der Waals surface area contributed by atoms with E-state index in [0.29, 0.717) is 45.6 Å². The molecule has 1 atom stereocenters. The van der Waals surface area contributed by atoms with Crippen LogP contribution in [0.15, 0.2) is 54.6 Å². The molecule has 0 saturated heterocycles. The molecule has 4 aromatic rings. The van der Waals surface area contributed by atoms with Gasteiger partial charge in [0, 0.05) is 28.9 Å². The number of carbonyl (C=O) groups excluding carboxylic acids is 2. The first-order valence-electron chi connectivity index (χ1n) is 12.5. The van der Waals surface area contributed by atoms with Crippen LogP contribution in [0.2, 0.25) is 0 Å². The summed E-state index contributed by atoms with van der Waals surface area (Å²) in [6.07, 6.45) is 0.809. The number of nitrogens with one attached hydrogen (secondary N) is 2. The fourth-order valence-electron chi connectivity index (χ4n) is 5.05. The highest BCUT2D eigenvalue weighted by atomic mass is 16.7. The highest BCUT2D eigenvalue weighted by Crippen LogP contribution is 2.50. The average molecular weight is 543 g/mol. The zero-order valence-corrected chi connectivity index (χ0v) is 21.7. The smallest absolute Gasteiger partial charge is 0.265 e. The lowest BCUT2D eigenvalue weighted by molar-refractivity contribution is 0.0953. The molecule has 13 nitrogen and oxygen atoms in total. The predicted molar refractivity (Wildman–Crippen MR) is 142 cm³/mol. The van der Waals surface area contributed by atoms with Gasteiger partial charge in [-0.15, -0.1) is 5.10 Å². The molecule has 0 spiro atoms. The second kappa shape index (κ2) is 10.3. The summed E-state index contributed by atoms with van der Waals surface area (Å²) in [5.41, 5.74) is 6.14. The minimum atomic E-state index is -0.414. The van der Waals surface area contributed by atoms with Gasteiger partial charge < -0.3 is 19.5 Å². The monoisotopic (exact) mass is 542 g/mol. The van der Waals surface area contributed by atoms with Crippen LogP contribution in [0.1, 0.15) is 43.7 Å². The van der Waals surface area contributed by atoms with Crippen LogP contribution in [0.4, 0.5) is 5.69 Å². The molecule has 3 aromatic carbocycles. The molecular weight excluding hydrogens is 516 g/mol. The molecule has 13 heteroatoms. The third-order valence-corrected chi connectivity index (χ3v) is 7.04. The number of fused-ring (bicyclic) bond motifs is 2. The Kier molecular flexibility index (Phi) is 6.50. The molecule has 40 heavy (non-hydrogen) atoms. The Labute approximate surface area is 228 Å². The molecule has 6 rings (SSSR count). The lowest BCUT2D eigenvalue weighted by Crippen LogP contribution is -2.35. The second-order valence-electron chi connectivity index (χ2n) is 9.35. The first kappa shape index (κ1) is 25.3. The van der Waals surface area contributed by atoms with Crippen molar-refractivity contribution in [1.82, 2.24) is 30.5 Å². The van der Waals surface area contributed by atoms with E-state index < -0.39 is 5.91 Å². The molecule has 0 fully saturated rings. The van der Waals surface area contributed by atoms with E-state index in [4.69, 9.17) is 20.1 Å². The van der Waals surface area contributed by atoms with Crippen molar-refractivity contribution in [3.63, 3.8) is 0 Å². The van der Waals surface area contributed by atoms with Crippen molar-refractivity contribution in [3.8, 4) is 22.9 Å². The number of likely N-dealkylation sites (N-methyl/N-ethyl adjacent to an activating group) is 1. The number of nitrogens with zero attached hydrogens (tertiary/aromatic N) is 5. The van der Waals surface area contributed by atoms with Crippen molar-refractivity contribution >= 4 is 17.5 Å². The van der Waals surface area contributed by atoms with E-state index >= 15 is 0 Å². The molecule has 0 aliphatic carbocycles. The summed E-state index contributed by atoms with van der Waals surface area (Å²) >= 11 is 0. The molecule has 204 valence electrons. The van der Waals surface area contributed by atoms with Gasteiger partial charge in [-0.2, -0.15) is 4.68 Å². The number of methoxy groups -OCH3 is 1. The number of aromatic nitrogens is 4. The number of hydrazine groups is 1. The van der Waals surface area contributed by atoms with Crippen LogP contribution in [0, 0.1) is 0 Å². The predicted octanol–water partition coefficient (Wildman–Crippen LogP) is 1.83. The van der Waals surface area contributed by atoms with Gasteiger partial charge in [-0.05, 0) is 84.1 Å². The molecule has 2 amide bonds. The topological polar surface area (TPSA) is 159 Å². The van der Waals surface area contributed by atoms with Crippen LogP contribution >= 0.6 is 0 Å². The number of nitrogens with two attached hydrogens (primary N) is 1. The van der Waals surface area contributed by atoms with E-state index in [-0.39, 0.29) is 18.7 Å². The highest BCUT2D eigenvalue weighted by molar-refractivity contribution is 6.04. The summed E-state index contributed by atoms with van der Waals surface area (Å²) in [7, 11) is 3.63. The maximum atomic E-state index is 12.8. The van der Waals surface area contributed by atoms with E-state index in [9.17, 15) is 9.59 Å². The summed E-state index contributed by atoms with van der Waals surface area (Å²) in [6.45, 7) is 0.924. The molecule has 0 radical (unpaired) electrons. The van der Waals surface area contributed by atoms with Crippen LogP contribution in [0.5, 0.6) is 17.2 Å². The van der Waals surface area contributed by atoms with Crippen molar-refractivity contribution in [2.24, 2.45) is 5.84 Å². The fourth-order valence-corrected chi connectivity index (χ4v) is 5.05. The Hall–Kier alpha value is -5.01. The van der Waals surface area contributed by atoms with Crippen molar-refractivity contribution in [3.05, 3.63) is 82.7 Å². The summed E-state index contributed by atoms with van der Waals surface area (Å²) in [6, 6.07) is 15.1. The Morgan fingerprint density at radius 3 is 2.50 bits per heavy atom. The lowest BCUT2D eigenvalue weighted by Gasteiger charge is -2.34. The first-order valence-corrected chi connectivity index (χ1v) is 12.5. The molecule has 2 aliphatic rings. The average Bonchev–Trinajstić information content (AvgIpc) is 3.66. The normalized spacial score (nSPS) is 15.8. The Morgan fingerprint density at radius 1 is 1.05 bits per heavy atom. The molecule has 4 N–H and O–H groups in total. The number of benzene rings is 3. The van der Waals surface area contributed by atoms with Crippen molar-refractivity contribution in [2.75, 3.05) is 32.8 Å². The van der Waals surface area contributed by atoms with E-state index in [1.54, 1.807) is 60.3 Å². The van der Waals surface area contributed by atoms with Crippen molar-refractivity contribution in [1.29, 1.82) is 0 Å². The minimum absolute atomic E-state index is 0.142. The number of ether oxygens (including phenoxy) is 3. The van der Waals surface area contributed by atoms with Gasteiger partial charge in [0.1, 0.15) is 6.04 Å². The SMILES string of the molecule is COc1c2c(cc3c1C(c1nnnn1-c1ccc(C(=O)Nc4ccc(C(=O)NN)cc4)cc1)N(C)CC3)OCO2. The maximum absolute atomic E-state index is 12.8. The largest absolute Gasteiger partial charge is 0.492 e. The molecular formula is C27H26N8O5. The molecule has 0 bridgehead atoms. The van der Waals surface area contributed by atoms with Gasteiger partial charge in [0.15, 0.2) is 17.3 Å². The number of amides is 2. The van der Waals surface area contributed by atoms with Gasteiger partial charge >= 0.3 is 0 Å². The van der Waals surface area contributed by atoms with Gasteiger partial charge in [0.2, 0.25) is 12.5 Å². The number of carbonyl (C=O) groups is 2. The van der Waals surface area contributed by atoms with Crippen molar-refractivity contribution in [2.45, 2.75) is 12.5 Å². The highest BCUT2D eigenvalue weighted by Gasteiger charge is 2.37. The minimum Gasteiger partial charge on any atom is -0.492 e. The Morgan fingerprint density at radius 2 is 1.77 bits per heavy atom.